The minimum absolute atomic E-state index is 0.171. The number of rotatable bonds is 3. The van der Waals surface area contributed by atoms with E-state index in [1.807, 2.05) is 18.3 Å². The molecule has 18 heavy (non-hydrogen) atoms. The van der Waals surface area contributed by atoms with E-state index in [1.54, 1.807) is 12.3 Å². The van der Waals surface area contributed by atoms with Gasteiger partial charge in [0.05, 0.1) is 6.26 Å². The summed E-state index contributed by atoms with van der Waals surface area (Å²) in [6.07, 6.45) is 4.09. The summed E-state index contributed by atoms with van der Waals surface area (Å²) in [5.41, 5.74) is 7.90. The van der Waals surface area contributed by atoms with Crippen molar-refractivity contribution in [3.63, 3.8) is 0 Å². The van der Waals surface area contributed by atoms with E-state index in [2.05, 4.69) is 4.98 Å². The molecular formula is C14H13FN2O. The molecule has 0 radical (unpaired) electrons. The summed E-state index contributed by atoms with van der Waals surface area (Å²) in [4.78, 5) is 3.04. The molecule has 3 rings (SSSR count). The normalized spacial score (nSPS) is 13.0. The van der Waals surface area contributed by atoms with Gasteiger partial charge in [0.1, 0.15) is 11.6 Å². The fourth-order valence-corrected chi connectivity index (χ4v) is 2.18. The Kier molecular flexibility index (Phi) is 2.64. The van der Waals surface area contributed by atoms with E-state index in [9.17, 15) is 4.39 Å². The van der Waals surface area contributed by atoms with E-state index in [1.165, 1.54) is 12.1 Å². The van der Waals surface area contributed by atoms with Crippen LogP contribution in [0.5, 0.6) is 0 Å². The van der Waals surface area contributed by atoms with Crippen LogP contribution in [-0.4, -0.2) is 4.98 Å². The van der Waals surface area contributed by atoms with E-state index in [0.29, 0.717) is 6.42 Å². The Balaban J connectivity index is 1.94. The number of nitrogens with two attached hydrogens (primary N) is 1. The largest absolute Gasteiger partial charge is 0.469 e. The van der Waals surface area contributed by atoms with Crippen LogP contribution in [0.1, 0.15) is 17.4 Å². The van der Waals surface area contributed by atoms with Gasteiger partial charge in [-0.25, -0.2) is 4.39 Å². The topological polar surface area (TPSA) is 54.9 Å². The third-order valence-electron chi connectivity index (χ3n) is 3.08. The fraction of sp³-hybridized carbons (Fsp3) is 0.143. The summed E-state index contributed by atoms with van der Waals surface area (Å²) in [5, 5.41) is 0.954. The highest BCUT2D eigenvalue weighted by molar-refractivity contribution is 5.83. The number of aromatic amines is 1. The molecule has 1 aromatic carbocycles. The highest BCUT2D eigenvalue weighted by atomic mass is 19.1. The van der Waals surface area contributed by atoms with Crippen molar-refractivity contribution in [2.75, 3.05) is 0 Å². The van der Waals surface area contributed by atoms with E-state index < -0.39 is 0 Å². The lowest BCUT2D eigenvalue weighted by Crippen LogP contribution is -2.12. The lowest BCUT2D eigenvalue weighted by molar-refractivity contribution is 0.489. The third kappa shape index (κ3) is 1.91. The zero-order chi connectivity index (χ0) is 12.5. The number of nitrogens with one attached hydrogen (secondary N) is 1. The molecule has 3 nitrogen and oxygen atoms in total. The maximum absolute atomic E-state index is 13.1. The van der Waals surface area contributed by atoms with Gasteiger partial charge in [-0.05, 0) is 35.9 Å². The second kappa shape index (κ2) is 4.31. The van der Waals surface area contributed by atoms with E-state index in [-0.39, 0.29) is 11.9 Å². The molecule has 1 atom stereocenters. The maximum atomic E-state index is 13.1. The highest BCUT2D eigenvalue weighted by Gasteiger charge is 2.13. The fourth-order valence-electron chi connectivity index (χ4n) is 2.18. The highest BCUT2D eigenvalue weighted by Crippen LogP contribution is 2.25. The Morgan fingerprint density at radius 1 is 1.33 bits per heavy atom. The minimum atomic E-state index is -0.254. The predicted molar refractivity (Wildman–Crippen MR) is 67.6 cm³/mol. The molecule has 3 aromatic rings. The molecule has 1 unspecified atom stereocenters. The summed E-state index contributed by atoms with van der Waals surface area (Å²) < 4.78 is 18.4. The Bertz CT molecular complexity index is 658. The first-order valence-corrected chi connectivity index (χ1v) is 5.78. The number of hydrogen-bond acceptors (Lipinski definition) is 2. The van der Waals surface area contributed by atoms with Gasteiger partial charge in [0.2, 0.25) is 0 Å². The summed E-state index contributed by atoms with van der Waals surface area (Å²) in [6.45, 7) is 0. The lowest BCUT2D eigenvalue weighted by Gasteiger charge is -2.08. The monoisotopic (exact) mass is 244 g/mol. The van der Waals surface area contributed by atoms with Gasteiger partial charge in [0.15, 0.2) is 0 Å². The van der Waals surface area contributed by atoms with Crippen LogP contribution in [0.2, 0.25) is 0 Å². The van der Waals surface area contributed by atoms with Gasteiger partial charge in [0, 0.05) is 29.6 Å². The Labute approximate surface area is 103 Å². The number of aromatic nitrogens is 1. The molecule has 3 N–H and O–H groups in total. The molecule has 0 bridgehead atoms. The van der Waals surface area contributed by atoms with Gasteiger partial charge in [-0.2, -0.15) is 0 Å². The number of H-pyrrole nitrogens is 1. The quantitative estimate of drug-likeness (QED) is 0.743. The standard InChI is InChI=1S/C14H13FN2O/c15-9-3-4-11-12(8-17-14(11)6-9)13(16)7-10-2-1-5-18-10/h1-6,8,13,17H,7,16H2. The third-order valence-corrected chi connectivity index (χ3v) is 3.08. The number of furan rings is 1. The van der Waals surface area contributed by atoms with Gasteiger partial charge in [-0.1, -0.05) is 0 Å². The van der Waals surface area contributed by atoms with Crippen LogP contribution >= 0.6 is 0 Å². The molecule has 0 amide bonds. The zero-order valence-corrected chi connectivity index (χ0v) is 9.69. The Morgan fingerprint density at radius 2 is 2.22 bits per heavy atom. The van der Waals surface area contributed by atoms with Crippen LogP contribution in [0.4, 0.5) is 4.39 Å². The van der Waals surface area contributed by atoms with Crippen molar-refractivity contribution in [2.45, 2.75) is 12.5 Å². The van der Waals surface area contributed by atoms with Crippen molar-refractivity contribution in [3.05, 3.63) is 59.9 Å². The molecule has 0 spiro atoms. The predicted octanol–water partition coefficient (Wildman–Crippen LogP) is 3.14. The van der Waals surface area contributed by atoms with Crippen LogP contribution in [0.15, 0.2) is 47.2 Å². The van der Waals surface area contributed by atoms with Gasteiger partial charge in [-0.15, -0.1) is 0 Å². The van der Waals surface area contributed by atoms with Gasteiger partial charge >= 0.3 is 0 Å². The summed E-state index contributed by atoms with van der Waals surface area (Å²) >= 11 is 0. The summed E-state index contributed by atoms with van der Waals surface area (Å²) in [5.74, 6) is 0.592. The average molecular weight is 244 g/mol. The molecule has 0 saturated carbocycles. The van der Waals surface area contributed by atoms with Gasteiger partial charge < -0.3 is 15.1 Å². The van der Waals surface area contributed by atoms with Crippen molar-refractivity contribution in [3.8, 4) is 0 Å². The number of hydrogen-bond donors (Lipinski definition) is 2. The van der Waals surface area contributed by atoms with Crippen LogP contribution in [0.3, 0.4) is 0 Å². The molecule has 0 aliphatic carbocycles. The number of halogens is 1. The van der Waals surface area contributed by atoms with Crippen LogP contribution in [0, 0.1) is 5.82 Å². The van der Waals surface area contributed by atoms with Crippen molar-refractivity contribution < 1.29 is 8.81 Å². The smallest absolute Gasteiger partial charge is 0.125 e. The van der Waals surface area contributed by atoms with E-state index in [0.717, 1.165) is 22.2 Å². The molecule has 0 aliphatic heterocycles. The second-order valence-electron chi connectivity index (χ2n) is 4.32. The Morgan fingerprint density at radius 3 is 3.00 bits per heavy atom. The first-order chi connectivity index (χ1) is 8.74. The van der Waals surface area contributed by atoms with E-state index >= 15 is 0 Å². The van der Waals surface area contributed by atoms with Crippen molar-refractivity contribution in [1.82, 2.24) is 4.98 Å². The van der Waals surface area contributed by atoms with Gasteiger partial charge in [0.25, 0.3) is 0 Å². The van der Waals surface area contributed by atoms with Crippen LogP contribution in [-0.2, 0) is 6.42 Å². The van der Waals surface area contributed by atoms with Crippen molar-refractivity contribution >= 4 is 10.9 Å². The van der Waals surface area contributed by atoms with Gasteiger partial charge in [-0.3, -0.25) is 0 Å². The molecule has 2 heterocycles. The SMILES string of the molecule is NC(Cc1ccco1)c1c[nH]c2cc(F)ccc12. The molecule has 92 valence electrons. The first kappa shape index (κ1) is 11.0. The summed E-state index contributed by atoms with van der Waals surface area (Å²) in [7, 11) is 0. The van der Waals surface area contributed by atoms with Crippen molar-refractivity contribution in [2.24, 2.45) is 5.73 Å². The molecule has 0 saturated heterocycles. The second-order valence-corrected chi connectivity index (χ2v) is 4.32. The van der Waals surface area contributed by atoms with Crippen LogP contribution in [0.25, 0.3) is 10.9 Å². The summed E-state index contributed by atoms with van der Waals surface area (Å²) in [6, 6.07) is 8.23. The molecule has 2 aromatic heterocycles. The van der Waals surface area contributed by atoms with Crippen molar-refractivity contribution in [1.29, 1.82) is 0 Å². The van der Waals surface area contributed by atoms with Crippen LogP contribution < -0.4 is 5.73 Å². The lowest BCUT2D eigenvalue weighted by atomic mass is 10.0. The number of benzene rings is 1. The Hall–Kier alpha value is -2.07. The minimum Gasteiger partial charge on any atom is -0.469 e. The number of fused-ring (bicyclic) bond motifs is 1. The molecule has 0 fully saturated rings. The zero-order valence-electron chi connectivity index (χ0n) is 9.69. The molecule has 0 aliphatic rings. The molecule has 4 heteroatoms. The molecular weight excluding hydrogens is 231 g/mol. The van der Waals surface area contributed by atoms with E-state index in [4.69, 9.17) is 10.2 Å². The first-order valence-electron chi connectivity index (χ1n) is 5.78. The maximum Gasteiger partial charge on any atom is 0.125 e. The average Bonchev–Trinajstić information content (AvgIpc) is 2.97.